The van der Waals surface area contributed by atoms with Gasteiger partial charge in [0, 0.05) is 16.2 Å². The molecule has 0 aromatic carbocycles. The lowest BCUT2D eigenvalue weighted by Crippen LogP contribution is -2.02. The zero-order valence-corrected chi connectivity index (χ0v) is 9.65. The van der Waals surface area contributed by atoms with Crippen molar-refractivity contribution in [1.82, 2.24) is 0 Å². The van der Waals surface area contributed by atoms with Gasteiger partial charge in [0.15, 0.2) is 0 Å². The molecule has 1 aliphatic carbocycles. The summed E-state index contributed by atoms with van der Waals surface area (Å²) in [7, 11) is 0. The Morgan fingerprint density at radius 3 is 2.93 bits per heavy atom. The van der Waals surface area contributed by atoms with E-state index in [2.05, 4.69) is 29.7 Å². The van der Waals surface area contributed by atoms with Gasteiger partial charge in [-0.05, 0) is 40.1 Å². The van der Waals surface area contributed by atoms with Crippen LogP contribution in [-0.4, -0.2) is 5.11 Å². The lowest BCUT2D eigenvalue weighted by atomic mass is 10.0. The van der Waals surface area contributed by atoms with Crippen LogP contribution in [0.5, 0.6) is 0 Å². The van der Waals surface area contributed by atoms with Gasteiger partial charge in [-0.3, -0.25) is 0 Å². The Morgan fingerprint density at radius 1 is 1.13 bits per heavy atom. The van der Waals surface area contributed by atoms with Crippen molar-refractivity contribution < 1.29 is 5.11 Å². The number of aliphatic hydroxyl groups is 1. The first kappa shape index (κ1) is 9.33. The predicted molar refractivity (Wildman–Crippen MR) is 66.2 cm³/mol. The van der Waals surface area contributed by atoms with E-state index in [1.165, 1.54) is 10.4 Å². The van der Waals surface area contributed by atoms with Gasteiger partial charge in [-0.25, -0.2) is 0 Å². The molecule has 2 aromatic rings. The van der Waals surface area contributed by atoms with Gasteiger partial charge in [-0.1, -0.05) is 6.08 Å². The molecular formula is C12H10OS2. The third-order valence-electron chi connectivity index (χ3n) is 2.64. The largest absolute Gasteiger partial charge is 0.387 e. The van der Waals surface area contributed by atoms with Gasteiger partial charge in [0.2, 0.25) is 0 Å². The second kappa shape index (κ2) is 3.59. The third kappa shape index (κ3) is 1.57. The summed E-state index contributed by atoms with van der Waals surface area (Å²) in [5.74, 6) is 0. The van der Waals surface area contributed by atoms with Gasteiger partial charge in [-0.15, -0.1) is 22.7 Å². The van der Waals surface area contributed by atoms with Gasteiger partial charge in [0.05, 0.1) is 6.10 Å². The summed E-state index contributed by atoms with van der Waals surface area (Å²) in [6.07, 6.45) is 4.64. The average Bonchev–Trinajstić information content (AvgIpc) is 2.81. The van der Waals surface area contributed by atoms with Crippen LogP contribution >= 0.6 is 22.7 Å². The van der Waals surface area contributed by atoms with Crippen LogP contribution in [0.4, 0.5) is 0 Å². The van der Waals surface area contributed by atoms with Crippen LogP contribution in [0, 0.1) is 0 Å². The SMILES string of the molecule is OC1Cc2ccsc2/C=C\c2ccsc21. The lowest BCUT2D eigenvalue weighted by molar-refractivity contribution is 0.182. The molecule has 2 aromatic heterocycles. The highest BCUT2D eigenvalue weighted by Gasteiger charge is 2.17. The van der Waals surface area contributed by atoms with E-state index >= 15 is 0 Å². The van der Waals surface area contributed by atoms with Crippen LogP contribution < -0.4 is 0 Å². The number of thiophene rings is 2. The zero-order valence-electron chi connectivity index (χ0n) is 8.01. The average molecular weight is 234 g/mol. The first-order chi connectivity index (χ1) is 7.34. The van der Waals surface area contributed by atoms with E-state index in [1.54, 1.807) is 22.7 Å². The second-order valence-electron chi connectivity index (χ2n) is 3.60. The number of rotatable bonds is 0. The highest BCUT2D eigenvalue weighted by atomic mass is 32.1. The topological polar surface area (TPSA) is 20.2 Å². The van der Waals surface area contributed by atoms with Gasteiger partial charge in [0.1, 0.15) is 0 Å². The standard InChI is InChI=1S/C12H10OS2/c13-10-7-9-4-5-14-11(9)2-1-8-3-6-15-12(8)10/h1-6,10,13H,7H2/b2-1-. The van der Waals surface area contributed by atoms with Gasteiger partial charge in [0.25, 0.3) is 0 Å². The van der Waals surface area contributed by atoms with Crippen LogP contribution in [0.2, 0.25) is 0 Å². The maximum atomic E-state index is 10.1. The summed E-state index contributed by atoms with van der Waals surface area (Å²) in [4.78, 5) is 2.36. The number of aliphatic hydroxyl groups excluding tert-OH is 1. The molecule has 0 aliphatic heterocycles. The Labute approximate surface area is 96.3 Å². The van der Waals surface area contributed by atoms with Crippen LogP contribution in [0.3, 0.4) is 0 Å². The quantitative estimate of drug-likeness (QED) is 0.739. The highest BCUT2D eigenvalue weighted by Crippen LogP contribution is 2.33. The van der Waals surface area contributed by atoms with E-state index in [1.807, 2.05) is 5.38 Å². The molecule has 0 amide bonds. The minimum absolute atomic E-state index is 0.349. The monoisotopic (exact) mass is 234 g/mol. The molecule has 0 fully saturated rings. The molecule has 0 bridgehead atoms. The molecule has 76 valence electrons. The molecule has 15 heavy (non-hydrogen) atoms. The Hall–Kier alpha value is -0.900. The molecule has 2 heterocycles. The van der Waals surface area contributed by atoms with Crippen molar-refractivity contribution in [3.8, 4) is 0 Å². The summed E-state index contributed by atoms with van der Waals surface area (Å²) >= 11 is 3.37. The molecule has 0 radical (unpaired) electrons. The van der Waals surface area contributed by atoms with Crippen molar-refractivity contribution in [2.24, 2.45) is 0 Å². The van der Waals surface area contributed by atoms with Crippen molar-refractivity contribution in [1.29, 1.82) is 0 Å². The van der Waals surface area contributed by atoms with Gasteiger partial charge in [-0.2, -0.15) is 0 Å². The van der Waals surface area contributed by atoms with Crippen molar-refractivity contribution in [2.75, 3.05) is 0 Å². The summed E-state index contributed by atoms with van der Waals surface area (Å²) < 4.78 is 0. The first-order valence-electron chi connectivity index (χ1n) is 4.84. The smallest absolute Gasteiger partial charge is 0.0928 e. The van der Waals surface area contributed by atoms with Crippen LogP contribution in [0.1, 0.15) is 27.0 Å². The maximum absolute atomic E-state index is 10.1. The summed E-state index contributed by atoms with van der Waals surface area (Å²) in [5, 5.41) is 14.2. The van der Waals surface area contributed by atoms with Crippen LogP contribution in [-0.2, 0) is 6.42 Å². The normalized spacial score (nSPS) is 21.3. The van der Waals surface area contributed by atoms with E-state index in [0.717, 1.165) is 16.9 Å². The summed E-state index contributed by atoms with van der Waals surface area (Å²) in [6.45, 7) is 0. The summed E-state index contributed by atoms with van der Waals surface area (Å²) in [5.41, 5.74) is 2.41. The van der Waals surface area contributed by atoms with Crippen molar-refractivity contribution in [3.63, 3.8) is 0 Å². The Balaban J connectivity index is 2.14. The number of hydrogen-bond acceptors (Lipinski definition) is 3. The molecule has 3 heteroatoms. The minimum Gasteiger partial charge on any atom is -0.387 e. The molecule has 1 atom stereocenters. The van der Waals surface area contributed by atoms with E-state index in [9.17, 15) is 5.11 Å². The zero-order chi connectivity index (χ0) is 10.3. The molecule has 1 unspecified atom stereocenters. The van der Waals surface area contributed by atoms with Gasteiger partial charge >= 0.3 is 0 Å². The molecule has 1 nitrogen and oxygen atoms in total. The predicted octanol–water partition coefficient (Wildman–Crippen LogP) is 3.57. The first-order valence-corrected chi connectivity index (χ1v) is 6.60. The molecule has 3 rings (SSSR count). The second-order valence-corrected chi connectivity index (χ2v) is 5.50. The lowest BCUT2D eigenvalue weighted by Gasteiger charge is -2.12. The Morgan fingerprint density at radius 2 is 2.00 bits per heavy atom. The van der Waals surface area contributed by atoms with E-state index in [-0.39, 0.29) is 6.10 Å². The molecule has 0 saturated carbocycles. The van der Waals surface area contributed by atoms with Crippen LogP contribution in [0.25, 0.3) is 12.2 Å². The highest BCUT2D eigenvalue weighted by molar-refractivity contribution is 7.11. The Bertz CT molecular complexity index is 507. The third-order valence-corrected chi connectivity index (χ3v) is 4.60. The maximum Gasteiger partial charge on any atom is 0.0928 e. The van der Waals surface area contributed by atoms with Crippen molar-refractivity contribution in [2.45, 2.75) is 12.5 Å². The van der Waals surface area contributed by atoms with Crippen molar-refractivity contribution >= 4 is 34.8 Å². The molecule has 0 saturated heterocycles. The fourth-order valence-corrected chi connectivity index (χ4v) is 3.57. The number of hydrogen-bond donors (Lipinski definition) is 1. The van der Waals surface area contributed by atoms with Crippen molar-refractivity contribution in [3.05, 3.63) is 43.8 Å². The Kier molecular flexibility index (Phi) is 2.24. The molecule has 1 aliphatic rings. The van der Waals surface area contributed by atoms with Gasteiger partial charge < -0.3 is 5.11 Å². The number of fused-ring (bicyclic) bond motifs is 2. The summed E-state index contributed by atoms with van der Waals surface area (Å²) in [6, 6.07) is 4.17. The molecule has 1 N–H and O–H groups in total. The molecule has 0 spiro atoms. The fraction of sp³-hybridized carbons (Fsp3) is 0.167. The molecular weight excluding hydrogens is 224 g/mol. The van der Waals surface area contributed by atoms with E-state index in [0.29, 0.717) is 0 Å². The van der Waals surface area contributed by atoms with Crippen LogP contribution in [0.15, 0.2) is 22.9 Å². The van der Waals surface area contributed by atoms with E-state index in [4.69, 9.17) is 0 Å². The minimum atomic E-state index is -0.349. The van der Waals surface area contributed by atoms with E-state index < -0.39 is 0 Å². The fourth-order valence-electron chi connectivity index (χ4n) is 1.87.